The molecule has 5 rings (SSSR count). The Morgan fingerprint density at radius 1 is 0.918 bits per heavy atom. The molecule has 0 radical (unpaired) electrons. The van der Waals surface area contributed by atoms with Gasteiger partial charge >= 0.3 is 0 Å². The van der Waals surface area contributed by atoms with Crippen LogP contribution in [0.2, 0.25) is 0 Å². The Labute approximate surface area is 287 Å². The zero-order valence-electron chi connectivity index (χ0n) is 28.5. The van der Waals surface area contributed by atoms with Crippen LogP contribution < -0.4 is 26.0 Å². The summed E-state index contributed by atoms with van der Waals surface area (Å²) in [7, 11) is 0. The van der Waals surface area contributed by atoms with Crippen LogP contribution in [0.25, 0.3) is 0 Å². The van der Waals surface area contributed by atoms with Crippen LogP contribution >= 0.6 is 0 Å². The third kappa shape index (κ3) is 9.57. The lowest BCUT2D eigenvalue weighted by Crippen LogP contribution is -2.56. The maximum Gasteiger partial charge on any atom is 0.255 e. The van der Waals surface area contributed by atoms with E-state index in [4.69, 9.17) is 9.47 Å². The summed E-state index contributed by atoms with van der Waals surface area (Å²) in [5, 5.41) is 11.4. The summed E-state index contributed by atoms with van der Waals surface area (Å²) >= 11 is 0. The third-order valence-corrected chi connectivity index (χ3v) is 9.13. The standard InChI is InChI=1S/C36H48N6O7/c1-23(2)32-36(47)38-24(3)22-49-30-9-5-4-7-27(30)33(44)39-28(19-31(43)42-14-6-8-29(42)35(46)40-32)34(45)37-20-25-10-12-26(13-11-25)21-41-15-17-48-18-16-41/h4-5,7,9-13,23-24,28-29,32H,6,8,14-22H2,1-3H3,(H,37,45)(H,38,47)(H,39,44)(H,40,46)/t24-,28-,29-,32+/m0/s1. The molecule has 13 nitrogen and oxygen atoms in total. The summed E-state index contributed by atoms with van der Waals surface area (Å²) in [6.07, 6.45) is 0.662. The minimum Gasteiger partial charge on any atom is -0.491 e. The number of hydrogen-bond acceptors (Lipinski definition) is 8. The molecular weight excluding hydrogens is 628 g/mol. The SMILES string of the molecule is CC(C)[C@H]1NC(=O)[C@@H]2CCCN2C(=O)C[C@@H](C(=O)NCc2ccc(CN3CCOCC3)cc2)NC(=O)c2ccccc2OC[C@H](C)NC1=O. The highest BCUT2D eigenvalue weighted by Crippen LogP contribution is 2.22. The Kier molecular flexibility index (Phi) is 12.2. The van der Waals surface area contributed by atoms with Gasteiger partial charge in [-0.2, -0.15) is 0 Å². The molecule has 2 aromatic carbocycles. The van der Waals surface area contributed by atoms with Crippen molar-refractivity contribution in [2.24, 2.45) is 5.92 Å². The lowest BCUT2D eigenvalue weighted by molar-refractivity contribution is -0.141. The van der Waals surface area contributed by atoms with Crippen molar-refractivity contribution in [2.75, 3.05) is 39.5 Å². The summed E-state index contributed by atoms with van der Waals surface area (Å²) in [5.41, 5.74) is 2.21. The first-order valence-electron chi connectivity index (χ1n) is 17.2. The lowest BCUT2D eigenvalue weighted by Gasteiger charge is -2.29. The van der Waals surface area contributed by atoms with Crippen LogP contribution in [0, 0.1) is 5.92 Å². The van der Waals surface area contributed by atoms with Crippen molar-refractivity contribution in [3.8, 4) is 5.75 Å². The number of morpholine rings is 1. The topological polar surface area (TPSA) is 158 Å². The molecule has 0 unspecified atom stereocenters. The number of nitrogens with one attached hydrogen (secondary N) is 4. The molecule has 2 aromatic rings. The molecule has 264 valence electrons. The first-order valence-corrected chi connectivity index (χ1v) is 17.2. The van der Waals surface area contributed by atoms with E-state index < -0.39 is 47.8 Å². The van der Waals surface area contributed by atoms with E-state index in [0.29, 0.717) is 19.4 Å². The van der Waals surface area contributed by atoms with Gasteiger partial charge < -0.3 is 35.6 Å². The maximum atomic E-state index is 13.8. The number of fused-ring (bicyclic) bond motifs is 2. The van der Waals surface area contributed by atoms with E-state index in [-0.39, 0.29) is 42.7 Å². The summed E-state index contributed by atoms with van der Waals surface area (Å²) in [5.74, 6) is -2.32. The second-order valence-electron chi connectivity index (χ2n) is 13.3. The zero-order chi connectivity index (χ0) is 34.9. The van der Waals surface area contributed by atoms with Gasteiger partial charge in [-0.1, -0.05) is 50.2 Å². The summed E-state index contributed by atoms with van der Waals surface area (Å²) in [4.78, 5) is 71.5. The third-order valence-electron chi connectivity index (χ3n) is 9.13. The van der Waals surface area contributed by atoms with Crippen LogP contribution in [-0.4, -0.2) is 103 Å². The number of para-hydroxylation sites is 1. The van der Waals surface area contributed by atoms with Gasteiger partial charge in [0.1, 0.15) is 30.5 Å². The Hall–Kier alpha value is -4.49. The van der Waals surface area contributed by atoms with Crippen LogP contribution in [-0.2, 0) is 37.0 Å². The van der Waals surface area contributed by atoms with Gasteiger partial charge in [0.05, 0.1) is 31.2 Å². The van der Waals surface area contributed by atoms with Gasteiger partial charge in [0.2, 0.25) is 23.6 Å². The van der Waals surface area contributed by atoms with Gasteiger partial charge in [0.25, 0.3) is 5.91 Å². The predicted octanol–water partition coefficient (Wildman–Crippen LogP) is 1.35. The molecule has 0 saturated carbocycles. The number of hydrogen-bond donors (Lipinski definition) is 4. The number of carbonyl (C=O) groups excluding carboxylic acids is 5. The average molecular weight is 677 g/mol. The number of benzene rings is 2. The van der Waals surface area contributed by atoms with Crippen molar-refractivity contribution >= 4 is 29.5 Å². The fraction of sp³-hybridized carbons (Fsp3) is 0.528. The van der Waals surface area contributed by atoms with E-state index in [1.54, 1.807) is 31.2 Å². The summed E-state index contributed by atoms with van der Waals surface area (Å²) < 4.78 is 11.4. The van der Waals surface area contributed by atoms with Gasteiger partial charge in [-0.05, 0) is 48.9 Å². The summed E-state index contributed by atoms with van der Waals surface area (Å²) in [6.45, 7) is 10.1. The van der Waals surface area contributed by atoms with E-state index in [1.165, 1.54) is 4.90 Å². The molecule has 2 fully saturated rings. The molecule has 49 heavy (non-hydrogen) atoms. The molecule has 4 N–H and O–H groups in total. The molecule has 13 heteroatoms. The lowest BCUT2D eigenvalue weighted by atomic mass is 10.0. The van der Waals surface area contributed by atoms with Crippen molar-refractivity contribution in [1.29, 1.82) is 0 Å². The fourth-order valence-corrected chi connectivity index (χ4v) is 6.32. The predicted molar refractivity (Wildman–Crippen MR) is 181 cm³/mol. The van der Waals surface area contributed by atoms with Gasteiger partial charge in [-0.3, -0.25) is 28.9 Å². The Bertz CT molecular complexity index is 1490. The second kappa shape index (κ2) is 16.8. The Morgan fingerprint density at radius 3 is 2.37 bits per heavy atom. The van der Waals surface area contributed by atoms with Crippen molar-refractivity contribution < 1.29 is 33.4 Å². The van der Waals surface area contributed by atoms with E-state index >= 15 is 0 Å². The van der Waals surface area contributed by atoms with Gasteiger partial charge in [-0.15, -0.1) is 0 Å². The number of rotatable bonds is 6. The largest absolute Gasteiger partial charge is 0.491 e. The highest BCUT2D eigenvalue weighted by atomic mass is 16.5. The molecule has 3 heterocycles. The van der Waals surface area contributed by atoms with Crippen molar-refractivity contribution in [2.45, 2.75) is 77.3 Å². The highest BCUT2D eigenvalue weighted by Gasteiger charge is 2.38. The number of ether oxygens (including phenoxy) is 2. The minimum atomic E-state index is -1.22. The van der Waals surface area contributed by atoms with Crippen molar-refractivity contribution in [3.63, 3.8) is 0 Å². The van der Waals surface area contributed by atoms with E-state index in [9.17, 15) is 24.0 Å². The molecule has 0 spiro atoms. The first kappa shape index (κ1) is 35.8. The van der Waals surface area contributed by atoms with Crippen LogP contribution in [0.4, 0.5) is 0 Å². The summed E-state index contributed by atoms with van der Waals surface area (Å²) in [6, 6.07) is 11.3. The van der Waals surface area contributed by atoms with Gasteiger partial charge in [0.15, 0.2) is 0 Å². The van der Waals surface area contributed by atoms with Crippen LogP contribution in [0.1, 0.15) is 61.5 Å². The first-order chi connectivity index (χ1) is 23.6. The monoisotopic (exact) mass is 676 g/mol. The molecule has 0 bridgehead atoms. The molecule has 3 aliphatic rings. The van der Waals surface area contributed by atoms with Crippen LogP contribution in [0.5, 0.6) is 5.75 Å². The zero-order valence-corrected chi connectivity index (χ0v) is 28.5. The average Bonchev–Trinajstić information content (AvgIpc) is 3.59. The number of amides is 5. The van der Waals surface area contributed by atoms with E-state index in [1.807, 2.05) is 38.1 Å². The second-order valence-corrected chi connectivity index (χ2v) is 13.3. The smallest absolute Gasteiger partial charge is 0.255 e. The highest BCUT2D eigenvalue weighted by molar-refractivity contribution is 6.01. The van der Waals surface area contributed by atoms with Gasteiger partial charge in [-0.25, -0.2) is 0 Å². The number of nitrogens with zero attached hydrogens (tertiary/aromatic N) is 2. The quantitative estimate of drug-likeness (QED) is 0.357. The molecule has 3 aliphatic heterocycles. The maximum absolute atomic E-state index is 13.8. The molecule has 0 aliphatic carbocycles. The van der Waals surface area contributed by atoms with Crippen molar-refractivity contribution in [3.05, 3.63) is 65.2 Å². The van der Waals surface area contributed by atoms with Crippen LogP contribution in [0.3, 0.4) is 0 Å². The molecule has 0 aromatic heterocycles. The Morgan fingerprint density at radius 2 is 1.63 bits per heavy atom. The number of carbonyl (C=O) groups is 5. The van der Waals surface area contributed by atoms with E-state index in [0.717, 1.165) is 44.0 Å². The van der Waals surface area contributed by atoms with Crippen LogP contribution in [0.15, 0.2) is 48.5 Å². The Balaban J connectivity index is 1.34. The van der Waals surface area contributed by atoms with Crippen molar-refractivity contribution in [1.82, 2.24) is 31.1 Å². The molecular formula is C36H48N6O7. The van der Waals surface area contributed by atoms with E-state index in [2.05, 4.69) is 26.2 Å². The normalized spacial score (nSPS) is 24.5. The molecule has 5 amide bonds. The fourth-order valence-electron chi connectivity index (χ4n) is 6.32. The van der Waals surface area contributed by atoms with Gasteiger partial charge in [0, 0.05) is 32.7 Å². The molecule has 4 atom stereocenters. The molecule has 2 saturated heterocycles. The minimum absolute atomic E-state index is 0.0544.